The molecule has 4 nitrogen and oxygen atoms in total. The Morgan fingerprint density at radius 3 is 2.27 bits per heavy atom. The van der Waals surface area contributed by atoms with Crippen molar-refractivity contribution in [2.24, 2.45) is 0 Å². The molecule has 0 radical (unpaired) electrons. The summed E-state index contributed by atoms with van der Waals surface area (Å²) >= 11 is 5.85. The molecule has 0 aliphatic rings. The minimum absolute atomic E-state index is 0.0383. The molecule has 22 heavy (non-hydrogen) atoms. The third kappa shape index (κ3) is 3.22. The molecular weight excluding hydrogens is 300 g/mol. The Bertz CT molecular complexity index is 717. The zero-order valence-electron chi connectivity index (χ0n) is 13.1. The Hall–Kier alpha value is -2.07. The quantitative estimate of drug-likeness (QED) is 0.813. The van der Waals surface area contributed by atoms with Crippen LogP contribution in [0.2, 0.25) is 5.02 Å². The number of nitrogens with one attached hydrogen (secondary N) is 2. The Balaban J connectivity index is 2.22. The third-order valence-electron chi connectivity index (χ3n) is 3.66. The van der Waals surface area contributed by atoms with E-state index in [1.54, 1.807) is 32.9 Å². The lowest BCUT2D eigenvalue weighted by Gasteiger charge is -2.14. The molecule has 0 fully saturated rings. The second-order valence-corrected chi connectivity index (χ2v) is 5.85. The van der Waals surface area contributed by atoms with Crippen molar-refractivity contribution in [1.29, 1.82) is 0 Å². The summed E-state index contributed by atoms with van der Waals surface area (Å²) in [5.74, 6) is -0.119. The number of aromatic amines is 1. The first-order valence-electron chi connectivity index (χ1n) is 7.07. The molecule has 0 amide bonds. The molecule has 0 aliphatic carbocycles. The molecule has 2 rings (SSSR count). The van der Waals surface area contributed by atoms with Crippen molar-refractivity contribution in [3.05, 3.63) is 51.8 Å². The van der Waals surface area contributed by atoms with Crippen LogP contribution in [0.3, 0.4) is 0 Å². The number of H-pyrrole nitrogens is 1. The normalized spacial score (nSPS) is 12.0. The van der Waals surface area contributed by atoms with Gasteiger partial charge in [0.05, 0.1) is 11.7 Å². The Morgan fingerprint density at radius 1 is 1.18 bits per heavy atom. The van der Waals surface area contributed by atoms with Gasteiger partial charge in [0.15, 0.2) is 5.78 Å². The number of aryl methyl sites for hydroxylation is 1. The summed E-state index contributed by atoms with van der Waals surface area (Å²) in [5, 5.41) is 3.78. The van der Waals surface area contributed by atoms with Crippen molar-refractivity contribution >= 4 is 28.9 Å². The molecule has 116 valence electrons. The number of rotatable bonds is 5. The van der Waals surface area contributed by atoms with Crippen LogP contribution in [-0.4, -0.2) is 22.6 Å². The Labute approximate surface area is 134 Å². The minimum Gasteiger partial charge on any atom is -0.375 e. The fourth-order valence-corrected chi connectivity index (χ4v) is 2.73. The highest BCUT2D eigenvalue weighted by molar-refractivity contribution is 6.30. The van der Waals surface area contributed by atoms with E-state index >= 15 is 0 Å². The lowest BCUT2D eigenvalue weighted by Crippen LogP contribution is -2.27. The third-order valence-corrected chi connectivity index (χ3v) is 3.91. The first-order valence-corrected chi connectivity index (χ1v) is 7.45. The van der Waals surface area contributed by atoms with Gasteiger partial charge < -0.3 is 10.3 Å². The van der Waals surface area contributed by atoms with E-state index in [0.29, 0.717) is 21.8 Å². The average molecular weight is 319 g/mol. The van der Waals surface area contributed by atoms with Gasteiger partial charge in [-0.15, -0.1) is 0 Å². The van der Waals surface area contributed by atoms with E-state index in [2.05, 4.69) is 10.3 Å². The van der Waals surface area contributed by atoms with E-state index in [4.69, 9.17) is 11.6 Å². The van der Waals surface area contributed by atoms with Crippen molar-refractivity contribution in [2.45, 2.75) is 33.7 Å². The van der Waals surface area contributed by atoms with Crippen LogP contribution < -0.4 is 5.32 Å². The zero-order chi connectivity index (χ0) is 16.4. The summed E-state index contributed by atoms with van der Waals surface area (Å²) in [7, 11) is 0. The predicted molar refractivity (Wildman–Crippen MR) is 89.1 cm³/mol. The molecule has 1 heterocycles. The van der Waals surface area contributed by atoms with E-state index in [1.165, 1.54) is 6.92 Å². The van der Waals surface area contributed by atoms with Crippen LogP contribution in [0.5, 0.6) is 0 Å². The molecule has 0 saturated heterocycles. The van der Waals surface area contributed by atoms with Gasteiger partial charge in [-0.25, -0.2) is 0 Å². The standard InChI is InChI=1S/C17H19ClN2O2/c1-9-15(12(4)21)10(2)20-16(9)17(22)11(3)19-14-7-5-13(18)6-8-14/h5-8,11,19-20H,1-4H3. The lowest BCUT2D eigenvalue weighted by molar-refractivity contribution is 0.0970. The molecule has 1 atom stereocenters. The summed E-state index contributed by atoms with van der Waals surface area (Å²) in [6, 6.07) is 6.75. The van der Waals surface area contributed by atoms with Crippen LogP contribution in [0.25, 0.3) is 0 Å². The van der Waals surface area contributed by atoms with Crippen LogP contribution in [0, 0.1) is 13.8 Å². The largest absolute Gasteiger partial charge is 0.375 e. The number of Topliss-reactive ketones (excluding diaryl/α,β-unsaturated/α-hetero) is 2. The maximum atomic E-state index is 12.6. The van der Waals surface area contributed by atoms with E-state index in [1.807, 2.05) is 12.1 Å². The highest BCUT2D eigenvalue weighted by atomic mass is 35.5. The first kappa shape index (κ1) is 16.3. The van der Waals surface area contributed by atoms with Crippen LogP contribution in [0.1, 0.15) is 46.0 Å². The molecule has 0 saturated carbocycles. The molecule has 1 unspecified atom stereocenters. The van der Waals surface area contributed by atoms with Gasteiger partial charge in [-0.3, -0.25) is 9.59 Å². The number of carbonyl (C=O) groups excluding carboxylic acids is 2. The van der Waals surface area contributed by atoms with Crippen LogP contribution >= 0.6 is 11.6 Å². The monoisotopic (exact) mass is 318 g/mol. The van der Waals surface area contributed by atoms with Gasteiger partial charge in [-0.1, -0.05) is 11.6 Å². The topological polar surface area (TPSA) is 62.0 Å². The molecule has 1 aromatic heterocycles. The lowest BCUT2D eigenvalue weighted by atomic mass is 10.0. The number of halogens is 1. The molecular formula is C17H19ClN2O2. The zero-order valence-corrected chi connectivity index (χ0v) is 13.8. The van der Waals surface area contributed by atoms with Gasteiger partial charge in [0.1, 0.15) is 0 Å². The molecule has 0 aliphatic heterocycles. The Morgan fingerprint density at radius 2 is 1.77 bits per heavy atom. The summed E-state index contributed by atoms with van der Waals surface area (Å²) in [6.45, 7) is 6.90. The van der Waals surface area contributed by atoms with Gasteiger partial charge in [-0.2, -0.15) is 0 Å². The van der Waals surface area contributed by atoms with Gasteiger partial charge in [0.2, 0.25) is 5.78 Å². The fraction of sp³-hybridized carbons (Fsp3) is 0.294. The minimum atomic E-state index is -0.419. The van der Waals surface area contributed by atoms with Crippen LogP contribution in [0.4, 0.5) is 5.69 Å². The van der Waals surface area contributed by atoms with Crippen molar-refractivity contribution in [2.75, 3.05) is 5.32 Å². The molecule has 2 aromatic rings. The second kappa shape index (κ2) is 6.36. The molecule has 1 aromatic carbocycles. The van der Waals surface area contributed by atoms with Gasteiger partial charge in [-0.05, 0) is 57.5 Å². The van der Waals surface area contributed by atoms with Crippen molar-refractivity contribution in [3.8, 4) is 0 Å². The van der Waals surface area contributed by atoms with Gasteiger partial charge in [0, 0.05) is 22.0 Å². The number of ketones is 2. The molecule has 0 spiro atoms. The molecule has 5 heteroatoms. The maximum absolute atomic E-state index is 12.6. The number of benzene rings is 1. The SMILES string of the molecule is CC(=O)c1c(C)[nH]c(C(=O)C(C)Nc2ccc(Cl)cc2)c1C. The number of aromatic nitrogens is 1. The number of hydrogen-bond acceptors (Lipinski definition) is 3. The number of anilines is 1. The summed E-state index contributed by atoms with van der Waals surface area (Å²) < 4.78 is 0. The summed E-state index contributed by atoms with van der Waals surface area (Å²) in [6.07, 6.45) is 0. The summed E-state index contributed by atoms with van der Waals surface area (Å²) in [4.78, 5) is 27.3. The Kier molecular flexibility index (Phi) is 4.71. The smallest absolute Gasteiger partial charge is 0.201 e. The maximum Gasteiger partial charge on any atom is 0.201 e. The average Bonchev–Trinajstić information content (AvgIpc) is 2.75. The van der Waals surface area contributed by atoms with Crippen LogP contribution in [0.15, 0.2) is 24.3 Å². The predicted octanol–water partition coefficient (Wildman–Crippen LogP) is 4.17. The van der Waals surface area contributed by atoms with Gasteiger partial charge in [0.25, 0.3) is 0 Å². The van der Waals surface area contributed by atoms with E-state index in [-0.39, 0.29) is 11.6 Å². The van der Waals surface area contributed by atoms with E-state index in [0.717, 1.165) is 11.4 Å². The summed E-state index contributed by atoms with van der Waals surface area (Å²) in [5.41, 5.74) is 3.34. The van der Waals surface area contributed by atoms with Crippen molar-refractivity contribution in [3.63, 3.8) is 0 Å². The first-order chi connectivity index (χ1) is 10.3. The fourth-order valence-electron chi connectivity index (χ4n) is 2.60. The molecule has 2 N–H and O–H groups in total. The van der Waals surface area contributed by atoms with E-state index in [9.17, 15) is 9.59 Å². The van der Waals surface area contributed by atoms with E-state index < -0.39 is 6.04 Å². The van der Waals surface area contributed by atoms with Crippen LogP contribution in [-0.2, 0) is 0 Å². The molecule has 0 bridgehead atoms. The van der Waals surface area contributed by atoms with Crippen molar-refractivity contribution in [1.82, 2.24) is 4.98 Å². The van der Waals surface area contributed by atoms with Crippen molar-refractivity contribution < 1.29 is 9.59 Å². The second-order valence-electron chi connectivity index (χ2n) is 5.42. The highest BCUT2D eigenvalue weighted by Crippen LogP contribution is 2.21. The van der Waals surface area contributed by atoms with Gasteiger partial charge >= 0.3 is 0 Å². The highest BCUT2D eigenvalue weighted by Gasteiger charge is 2.23. The number of hydrogen-bond donors (Lipinski definition) is 2. The number of carbonyl (C=O) groups is 2.